The Balaban J connectivity index is 2.40. The summed E-state index contributed by atoms with van der Waals surface area (Å²) in [5.74, 6) is -0.135. The van der Waals surface area contributed by atoms with Gasteiger partial charge in [-0.3, -0.25) is 4.79 Å². The molecule has 0 spiro atoms. The van der Waals surface area contributed by atoms with Gasteiger partial charge in [-0.25, -0.2) is 0 Å². The predicted molar refractivity (Wildman–Crippen MR) is 37.4 cm³/mol. The molecule has 2 aliphatic rings. The van der Waals surface area contributed by atoms with Crippen molar-refractivity contribution in [3.05, 3.63) is 23.9 Å². The Bertz CT molecular complexity index is 263. The fourth-order valence-corrected chi connectivity index (χ4v) is 1.02. The SMILES string of the molecule is O=C1N=CN2CC=CC=C12. The van der Waals surface area contributed by atoms with E-state index in [-0.39, 0.29) is 5.91 Å². The molecule has 0 N–H and O–H groups in total. The molecule has 0 aromatic carbocycles. The fraction of sp³-hybridized carbons (Fsp3) is 0.143. The number of amides is 1. The summed E-state index contributed by atoms with van der Waals surface area (Å²) in [4.78, 5) is 16.3. The Morgan fingerprint density at radius 3 is 3.30 bits per heavy atom. The van der Waals surface area contributed by atoms with Crippen LogP contribution in [0.1, 0.15) is 0 Å². The number of fused-ring (bicyclic) bond motifs is 1. The number of nitrogens with zero attached hydrogens (tertiary/aromatic N) is 2. The molecule has 50 valence electrons. The van der Waals surface area contributed by atoms with Crippen molar-refractivity contribution in [2.45, 2.75) is 0 Å². The maximum atomic E-state index is 10.9. The highest BCUT2D eigenvalue weighted by Crippen LogP contribution is 2.13. The van der Waals surface area contributed by atoms with E-state index in [4.69, 9.17) is 0 Å². The molecule has 0 aliphatic carbocycles. The molecular formula is C7H6N2O. The van der Waals surface area contributed by atoms with Gasteiger partial charge in [0, 0.05) is 6.54 Å². The molecule has 0 bridgehead atoms. The molecule has 0 atom stereocenters. The lowest BCUT2D eigenvalue weighted by Gasteiger charge is -2.14. The molecule has 0 fully saturated rings. The number of carbonyl (C=O) groups excluding carboxylic acids is 1. The zero-order chi connectivity index (χ0) is 6.97. The molecular weight excluding hydrogens is 128 g/mol. The van der Waals surface area contributed by atoms with Crippen molar-refractivity contribution in [3.63, 3.8) is 0 Å². The Morgan fingerprint density at radius 1 is 1.60 bits per heavy atom. The second-order valence-electron chi connectivity index (χ2n) is 2.18. The highest BCUT2D eigenvalue weighted by molar-refractivity contribution is 6.04. The number of allylic oxidation sites excluding steroid dienone is 2. The van der Waals surface area contributed by atoms with E-state index in [0.717, 1.165) is 6.54 Å². The van der Waals surface area contributed by atoms with Crippen molar-refractivity contribution in [1.29, 1.82) is 0 Å². The molecule has 2 heterocycles. The fourth-order valence-electron chi connectivity index (χ4n) is 1.02. The van der Waals surface area contributed by atoms with E-state index >= 15 is 0 Å². The van der Waals surface area contributed by atoms with Gasteiger partial charge in [-0.05, 0) is 6.08 Å². The van der Waals surface area contributed by atoms with Gasteiger partial charge in [0.25, 0.3) is 5.91 Å². The van der Waals surface area contributed by atoms with Gasteiger partial charge in [0.05, 0.1) is 6.34 Å². The van der Waals surface area contributed by atoms with E-state index in [1.165, 1.54) is 0 Å². The zero-order valence-corrected chi connectivity index (χ0v) is 5.32. The number of hydrogen-bond donors (Lipinski definition) is 0. The summed E-state index contributed by atoms with van der Waals surface area (Å²) in [7, 11) is 0. The molecule has 10 heavy (non-hydrogen) atoms. The molecule has 2 aliphatic heterocycles. The topological polar surface area (TPSA) is 32.7 Å². The van der Waals surface area contributed by atoms with Gasteiger partial charge in [-0.1, -0.05) is 12.2 Å². The largest absolute Gasteiger partial charge is 0.324 e. The molecule has 0 aromatic rings. The highest BCUT2D eigenvalue weighted by Gasteiger charge is 2.20. The molecule has 0 saturated heterocycles. The lowest BCUT2D eigenvalue weighted by Crippen LogP contribution is -2.20. The van der Waals surface area contributed by atoms with E-state index in [2.05, 4.69) is 4.99 Å². The van der Waals surface area contributed by atoms with Crippen LogP contribution in [0.3, 0.4) is 0 Å². The maximum Gasteiger partial charge on any atom is 0.295 e. The van der Waals surface area contributed by atoms with Gasteiger partial charge in [0.2, 0.25) is 0 Å². The van der Waals surface area contributed by atoms with Crippen LogP contribution in [0.4, 0.5) is 0 Å². The van der Waals surface area contributed by atoms with Gasteiger partial charge >= 0.3 is 0 Å². The van der Waals surface area contributed by atoms with Crippen LogP contribution in [0.15, 0.2) is 28.9 Å². The minimum atomic E-state index is -0.135. The van der Waals surface area contributed by atoms with Crippen LogP contribution >= 0.6 is 0 Å². The maximum absolute atomic E-state index is 10.9. The van der Waals surface area contributed by atoms with Crippen LogP contribution in [0.25, 0.3) is 0 Å². The normalized spacial score (nSPS) is 21.4. The van der Waals surface area contributed by atoms with Crippen molar-refractivity contribution in [3.8, 4) is 0 Å². The first-order valence-electron chi connectivity index (χ1n) is 3.10. The molecule has 2 rings (SSSR count). The van der Waals surface area contributed by atoms with Crippen LogP contribution < -0.4 is 0 Å². The number of carbonyl (C=O) groups is 1. The van der Waals surface area contributed by atoms with Crippen LogP contribution in [0.5, 0.6) is 0 Å². The number of rotatable bonds is 0. The third kappa shape index (κ3) is 0.603. The second kappa shape index (κ2) is 1.80. The van der Waals surface area contributed by atoms with Crippen LogP contribution in [0, 0.1) is 0 Å². The predicted octanol–water partition coefficient (Wildman–Crippen LogP) is 0.311. The summed E-state index contributed by atoms with van der Waals surface area (Å²) in [6, 6.07) is 0. The first kappa shape index (κ1) is 5.41. The molecule has 1 amide bonds. The minimum Gasteiger partial charge on any atom is -0.324 e. The monoisotopic (exact) mass is 134 g/mol. The van der Waals surface area contributed by atoms with Crippen molar-refractivity contribution < 1.29 is 4.79 Å². The molecule has 0 saturated carbocycles. The van der Waals surface area contributed by atoms with Crippen molar-refractivity contribution in [2.75, 3.05) is 6.54 Å². The van der Waals surface area contributed by atoms with E-state index in [1.54, 1.807) is 12.4 Å². The van der Waals surface area contributed by atoms with Gasteiger partial charge in [-0.15, -0.1) is 0 Å². The summed E-state index contributed by atoms with van der Waals surface area (Å²) in [6.07, 6.45) is 7.20. The average Bonchev–Trinajstić information content (AvgIpc) is 2.34. The summed E-state index contributed by atoms with van der Waals surface area (Å²) < 4.78 is 0. The lowest BCUT2D eigenvalue weighted by atomic mass is 10.2. The van der Waals surface area contributed by atoms with Crippen LogP contribution in [-0.4, -0.2) is 23.7 Å². The van der Waals surface area contributed by atoms with Crippen LogP contribution in [0.2, 0.25) is 0 Å². The van der Waals surface area contributed by atoms with Crippen molar-refractivity contribution in [1.82, 2.24) is 4.90 Å². The third-order valence-electron chi connectivity index (χ3n) is 1.54. The summed E-state index contributed by atoms with van der Waals surface area (Å²) in [6.45, 7) is 0.765. The summed E-state index contributed by atoms with van der Waals surface area (Å²) >= 11 is 0. The third-order valence-corrected chi connectivity index (χ3v) is 1.54. The molecule has 3 nitrogen and oxygen atoms in total. The minimum absolute atomic E-state index is 0.135. The van der Waals surface area contributed by atoms with E-state index in [1.807, 2.05) is 17.1 Å². The molecule has 0 aromatic heterocycles. The molecule has 3 heteroatoms. The van der Waals surface area contributed by atoms with Gasteiger partial charge in [0.1, 0.15) is 5.70 Å². The smallest absolute Gasteiger partial charge is 0.295 e. The lowest BCUT2D eigenvalue weighted by molar-refractivity contribution is -0.114. The number of aliphatic imine (C=N–C) groups is 1. The molecule has 0 radical (unpaired) electrons. The van der Waals surface area contributed by atoms with Gasteiger partial charge in [-0.2, -0.15) is 4.99 Å². The van der Waals surface area contributed by atoms with Crippen molar-refractivity contribution in [2.24, 2.45) is 4.99 Å². The Labute approximate surface area is 58.4 Å². The zero-order valence-electron chi connectivity index (χ0n) is 5.32. The van der Waals surface area contributed by atoms with E-state index < -0.39 is 0 Å². The highest BCUT2D eigenvalue weighted by atomic mass is 16.2. The number of hydrogen-bond acceptors (Lipinski definition) is 2. The van der Waals surface area contributed by atoms with Gasteiger partial charge < -0.3 is 4.90 Å². The van der Waals surface area contributed by atoms with Crippen molar-refractivity contribution >= 4 is 12.2 Å². The average molecular weight is 134 g/mol. The van der Waals surface area contributed by atoms with Crippen LogP contribution in [-0.2, 0) is 4.79 Å². The first-order valence-corrected chi connectivity index (χ1v) is 3.10. The Kier molecular flexibility index (Phi) is 0.974. The van der Waals surface area contributed by atoms with Gasteiger partial charge in [0.15, 0.2) is 0 Å². The standard InChI is InChI=1S/C7H6N2O/c10-7-6-3-1-2-4-9(6)5-8-7/h1-3,5H,4H2. The summed E-state index contributed by atoms with van der Waals surface area (Å²) in [5, 5.41) is 0. The molecule has 0 unspecified atom stereocenters. The van der Waals surface area contributed by atoms with E-state index in [0.29, 0.717) is 5.70 Å². The second-order valence-corrected chi connectivity index (χ2v) is 2.18. The Hall–Kier alpha value is -1.38. The quantitative estimate of drug-likeness (QED) is 0.477. The van der Waals surface area contributed by atoms with E-state index in [9.17, 15) is 4.79 Å². The summed E-state index contributed by atoms with van der Waals surface area (Å²) in [5.41, 5.74) is 0.683. The first-order chi connectivity index (χ1) is 4.88. The Morgan fingerprint density at radius 2 is 2.50 bits per heavy atom.